The maximum Gasteiger partial charge on any atom is 0.185 e. The first-order valence-electron chi connectivity index (χ1n) is 3.88. The van der Waals surface area contributed by atoms with E-state index in [1.54, 1.807) is 16.7 Å². The normalized spacial score (nSPS) is 23.8. The van der Waals surface area contributed by atoms with Crippen molar-refractivity contribution in [2.75, 3.05) is 5.75 Å². The molecule has 1 saturated heterocycles. The maximum absolute atomic E-state index is 9.27. The van der Waals surface area contributed by atoms with Crippen molar-refractivity contribution in [2.45, 2.75) is 19.9 Å². The zero-order valence-corrected chi connectivity index (χ0v) is 8.91. The molecule has 0 radical (unpaired) electrons. The van der Waals surface area contributed by atoms with E-state index in [-0.39, 0.29) is 5.88 Å². The van der Waals surface area contributed by atoms with E-state index in [2.05, 4.69) is 20.4 Å². The molecule has 1 atom stereocenters. The largest absolute Gasteiger partial charge is 0.495 e. The van der Waals surface area contributed by atoms with Gasteiger partial charge in [-0.3, -0.25) is 4.90 Å². The van der Waals surface area contributed by atoms with Crippen molar-refractivity contribution in [3.63, 3.8) is 0 Å². The number of thioether (sulfide) groups is 1. The van der Waals surface area contributed by atoms with Crippen LogP contribution in [0.2, 0.25) is 0 Å². The topological polar surface area (TPSA) is 23.5 Å². The Labute approximate surface area is 82.6 Å². The van der Waals surface area contributed by atoms with Crippen LogP contribution in [0.25, 0.3) is 0 Å². The van der Waals surface area contributed by atoms with Gasteiger partial charge in [-0.25, -0.2) is 0 Å². The lowest BCUT2D eigenvalue weighted by Gasteiger charge is -2.26. The SMILES string of the molecule is C=C(O)N1C(=S)SC[C@@H]1C(C)C. The quantitative estimate of drug-likeness (QED) is 0.550. The Morgan fingerprint density at radius 2 is 2.42 bits per heavy atom. The Morgan fingerprint density at radius 1 is 1.83 bits per heavy atom. The Bertz CT molecular complexity index is 215. The molecule has 12 heavy (non-hydrogen) atoms. The van der Waals surface area contributed by atoms with Crippen LogP contribution in [0.3, 0.4) is 0 Å². The van der Waals surface area contributed by atoms with Crippen molar-refractivity contribution in [1.82, 2.24) is 4.90 Å². The minimum absolute atomic E-state index is 0.0729. The Kier molecular flexibility index (Phi) is 3.01. The van der Waals surface area contributed by atoms with Gasteiger partial charge in [0.25, 0.3) is 0 Å². The average Bonchev–Trinajstić information content (AvgIpc) is 2.30. The Balaban J connectivity index is 2.77. The predicted octanol–water partition coefficient (Wildman–Crippen LogP) is 2.37. The molecule has 0 unspecified atom stereocenters. The van der Waals surface area contributed by atoms with Crippen molar-refractivity contribution in [1.29, 1.82) is 0 Å². The van der Waals surface area contributed by atoms with Crippen LogP contribution in [-0.2, 0) is 0 Å². The summed E-state index contributed by atoms with van der Waals surface area (Å²) in [7, 11) is 0. The van der Waals surface area contributed by atoms with Gasteiger partial charge in [0, 0.05) is 5.75 Å². The summed E-state index contributed by atoms with van der Waals surface area (Å²) < 4.78 is 0.737. The Morgan fingerprint density at radius 3 is 2.75 bits per heavy atom. The van der Waals surface area contributed by atoms with Gasteiger partial charge in [0.05, 0.1) is 6.04 Å². The van der Waals surface area contributed by atoms with Crippen molar-refractivity contribution in [3.05, 3.63) is 12.5 Å². The van der Waals surface area contributed by atoms with E-state index in [9.17, 15) is 5.11 Å². The fraction of sp³-hybridized carbons (Fsp3) is 0.625. The molecule has 1 N–H and O–H groups in total. The van der Waals surface area contributed by atoms with Crippen molar-refractivity contribution in [3.8, 4) is 0 Å². The molecule has 68 valence electrons. The van der Waals surface area contributed by atoms with E-state index in [4.69, 9.17) is 12.2 Å². The van der Waals surface area contributed by atoms with Gasteiger partial charge in [-0.2, -0.15) is 0 Å². The minimum Gasteiger partial charge on any atom is -0.495 e. The summed E-state index contributed by atoms with van der Waals surface area (Å²) in [6, 6.07) is 0.306. The van der Waals surface area contributed by atoms with Gasteiger partial charge in [-0.15, -0.1) is 0 Å². The highest BCUT2D eigenvalue weighted by atomic mass is 32.2. The lowest BCUT2D eigenvalue weighted by molar-refractivity contribution is 0.222. The zero-order valence-electron chi connectivity index (χ0n) is 7.28. The number of aliphatic hydroxyl groups is 1. The van der Waals surface area contributed by atoms with E-state index in [0.29, 0.717) is 12.0 Å². The maximum atomic E-state index is 9.27. The summed E-state index contributed by atoms with van der Waals surface area (Å²) in [6.45, 7) is 7.74. The lowest BCUT2D eigenvalue weighted by Crippen LogP contribution is -2.35. The van der Waals surface area contributed by atoms with Crippen LogP contribution < -0.4 is 0 Å². The molecule has 0 aromatic rings. The number of hydrogen-bond donors (Lipinski definition) is 1. The molecule has 1 aliphatic heterocycles. The molecule has 0 aromatic carbocycles. The summed E-state index contributed by atoms with van der Waals surface area (Å²) in [5.41, 5.74) is 0. The second-order valence-electron chi connectivity index (χ2n) is 3.17. The van der Waals surface area contributed by atoms with E-state index < -0.39 is 0 Å². The van der Waals surface area contributed by atoms with Gasteiger partial charge in [0.1, 0.15) is 4.32 Å². The smallest absolute Gasteiger partial charge is 0.185 e. The van der Waals surface area contributed by atoms with Crippen molar-refractivity contribution < 1.29 is 5.11 Å². The van der Waals surface area contributed by atoms with Crippen LogP contribution in [0.5, 0.6) is 0 Å². The number of nitrogens with zero attached hydrogens (tertiary/aromatic N) is 1. The predicted molar refractivity (Wildman–Crippen MR) is 57.3 cm³/mol. The molecule has 1 fully saturated rings. The van der Waals surface area contributed by atoms with E-state index in [0.717, 1.165) is 10.1 Å². The summed E-state index contributed by atoms with van der Waals surface area (Å²) in [5, 5.41) is 9.27. The van der Waals surface area contributed by atoms with Crippen LogP contribution >= 0.6 is 24.0 Å². The lowest BCUT2D eigenvalue weighted by atomic mass is 10.1. The third-order valence-corrected chi connectivity index (χ3v) is 3.46. The standard InChI is InChI=1S/C8H13NOS2/c1-5(2)7-4-12-8(11)9(7)6(3)10/h5,7,10H,3-4H2,1-2H3/t7-/m1/s1. The summed E-state index contributed by atoms with van der Waals surface area (Å²) >= 11 is 6.69. The van der Waals surface area contributed by atoms with Crippen LogP contribution in [0, 0.1) is 5.92 Å². The summed E-state index contributed by atoms with van der Waals surface area (Å²) in [6.07, 6.45) is 0. The van der Waals surface area contributed by atoms with Gasteiger partial charge in [0.2, 0.25) is 0 Å². The highest BCUT2D eigenvalue weighted by Gasteiger charge is 2.32. The van der Waals surface area contributed by atoms with Gasteiger partial charge in [0.15, 0.2) is 5.88 Å². The summed E-state index contributed by atoms with van der Waals surface area (Å²) in [4.78, 5) is 1.74. The fourth-order valence-corrected chi connectivity index (χ4v) is 2.90. The number of rotatable bonds is 2. The van der Waals surface area contributed by atoms with E-state index in [1.807, 2.05) is 0 Å². The number of thiocarbonyl (C=S) groups is 1. The molecular weight excluding hydrogens is 190 g/mol. The monoisotopic (exact) mass is 203 g/mol. The third kappa shape index (κ3) is 1.75. The van der Waals surface area contributed by atoms with Crippen LogP contribution in [0.4, 0.5) is 0 Å². The van der Waals surface area contributed by atoms with Crippen molar-refractivity contribution >= 4 is 28.3 Å². The minimum atomic E-state index is 0.0729. The van der Waals surface area contributed by atoms with Gasteiger partial charge in [-0.05, 0) is 12.5 Å². The van der Waals surface area contributed by atoms with E-state index in [1.165, 1.54) is 0 Å². The number of aliphatic hydroxyl groups excluding tert-OH is 1. The van der Waals surface area contributed by atoms with Crippen molar-refractivity contribution in [2.24, 2.45) is 5.92 Å². The first kappa shape index (κ1) is 9.86. The molecular formula is C8H13NOS2. The first-order valence-corrected chi connectivity index (χ1v) is 5.27. The molecule has 1 rings (SSSR count). The fourth-order valence-electron chi connectivity index (χ4n) is 1.22. The van der Waals surface area contributed by atoms with Gasteiger partial charge >= 0.3 is 0 Å². The van der Waals surface area contributed by atoms with Gasteiger partial charge < -0.3 is 5.11 Å². The average molecular weight is 203 g/mol. The second kappa shape index (κ2) is 3.66. The molecule has 0 aliphatic carbocycles. The molecule has 0 aromatic heterocycles. The molecule has 1 aliphatic rings. The highest BCUT2D eigenvalue weighted by molar-refractivity contribution is 8.23. The molecule has 0 amide bonds. The van der Waals surface area contributed by atoms with E-state index >= 15 is 0 Å². The highest BCUT2D eigenvalue weighted by Crippen LogP contribution is 2.30. The van der Waals surface area contributed by atoms with Gasteiger partial charge in [-0.1, -0.05) is 37.8 Å². The molecule has 4 heteroatoms. The molecule has 0 saturated carbocycles. The second-order valence-corrected chi connectivity index (χ2v) is 4.83. The zero-order chi connectivity index (χ0) is 9.30. The molecule has 0 spiro atoms. The van der Waals surface area contributed by atoms with Crippen LogP contribution in [-0.4, -0.2) is 26.1 Å². The summed E-state index contributed by atoms with van der Waals surface area (Å²) in [5.74, 6) is 1.52. The molecule has 1 heterocycles. The Hall–Kier alpha value is -0.220. The molecule has 2 nitrogen and oxygen atoms in total. The third-order valence-electron chi connectivity index (χ3n) is 1.95. The van der Waals surface area contributed by atoms with Crippen LogP contribution in [0.15, 0.2) is 12.5 Å². The molecule has 0 bridgehead atoms. The number of hydrogen-bond acceptors (Lipinski definition) is 3. The first-order chi connectivity index (χ1) is 5.54. The van der Waals surface area contributed by atoms with Crippen LogP contribution in [0.1, 0.15) is 13.8 Å².